The molecule has 1 aromatic rings. The van der Waals surface area contributed by atoms with Crippen LogP contribution in [0.5, 0.6) is 0 Å². The first kappa shape index (κ1) is 16.7. The van der Waals surface area contributed by atoms with Gasteiger partial charge in [0.2, 0.25) is 0 Å². The van der Waals surface area contributed by atoms with Crippen molar-refractivity contribution in [2.24, 2.45) is 0 Å². The van der Waals surface area contributed by atoms with Gasteiger partial charge in [-0.05, 0) is 19.8 Å². The van der Waals surface area contributed by atoms with Gasteiger partial charge in [-0.1, -0.05) is 20.8 Å². The van der Waals surface area contributed by atoms with Crippen molar-refractivity contribution in [3.05, 3.63) is 11.4 Å². The predicted molar refractivity (Wildman–Crippen MR) is 84.6 cm³/mol. The highest BCUT2D eigenvalue weighted by Crippen LogP contribution is 2.25. The number of nitrogens with one attached hydrogen (secondary N) is 2. The van der Waals surface area contributed by atoms with Gasteiger partial charge in [-0.25, -0.2) is 9.97 Å². The van der Waals surface area contributed by atoms with Crippen LogP contribution >= 0.6 is 0 Å². The molecule has 0 saturated carbocycles. The summed E-state index contributed by atoms with van der Waals surface area (Å²) < 4.78 is 5.05. The fourth-order valence-electron chi connectivity index (χ4n) is 1.85. The SMILES string of the molecule is CNc1nc(C(C)(C)C)nc(NCCCCOC)c1C. The number of ether oxygens (including phenoxy) is 1. The summed E-state index contributed by atoms with van der Waals surface area (Å²) >= 11 is 0. The molecule has 0 radical (unpaired) electrons. The standard InChI is InChI=1S/C15H28N4O/c1-11-12(16-5)18-14(15(2,3)4)19-13(11)17-9-7-8-10-20-6/h7-10H2,1-6H3,(H2,16,17,18,19). The summed E-state index contributed by atoms with van der Waals surface area (Å²) in [6.45, 7) is 10.1. The molecular weight excluding hydrogens is 252 g/mol. The molecule has 1 heterocycles. The fraction of sp³-hybridized carbons (Fsp3) is 0.733. The molecule has 114 valence electrons. The van der Waals surface area contributed by atoms with Crippen molar-refractivity contribution in [1.82, 2.24) is 9.97 Å². The third-order valence-electron chi connectivity index (χ3n) is 3.12. The highest BCUT2D eigenvalue weighted by Gasteiger charge is 2.20. The lowest BCUT2D eigenvalue weighted by Gasteiger charge is -2.20. The molecule has 1 rings (SSSR count). The van der Waals surface area contributed by atoms with E-state index in [1.807, 2.05) is 14.0 Å². The zero-order valence-corrected chi connectivity index (χ0v) is 13.6. The third-order valence-corrected chi connectivity index (χ3v) is 3.12. The summed E-state index contributed by atoms with van der Waals surface area (Å²) in [4.78, 5) is 9.27. The lowest BCUT2D eigenvalue weighted by molar-refractivity contribution is 0.194. The Bertz CT molecular complexity index is 427. The Hall–Kier alpha value is -1.36. The Morgan fingerprint density at radius 3 is 2.30 bits per heavy atom. The third kappa shape index (κ3) is 4.63. The highest BCUT2D eigenvalue weighted by atomic mass is 16.5. The minimum Gasteiger partial charge on any atom is -0.385 e. The van der Waals surface area contributed by atoms with Crippen LogP contribution in [0.1, 0.15) is 45.0 Å². The van der Waals surface area contributed by atoms with Crippen molar-refractivity contribution in [2.75, 3.05) is 37.9 Å². The maximum absolute atomic E-state index is 5.05. The van der Waals surface area contributed by atoms with E-state index in [0.717, 1.165) is 49.0 Å². The molecule has 0 aliphatic heterocycles. The van der Waals surface area contributed by atoms with Gasteiger partial charge in [0.15, 0.2) is 0 Å². The second-order valence-corrected chi connectivity index (χ2v) is 6.00. The lowest BCUT2D eigenvalue weighted by Crippen LogP contribution is -2.19. The molecule has 0 bridgehead atoms. The molecule has 0 unspecified atom stereocenters. The second-order valence-electron chi connectivity index (χ2n) is 6.00. The lowest BCUT2D eigenvalue weighted by atomic mass is 9.95. The molecule has 0 spiro atoms. The van der Waals surface area contributed by atoms with E-state index in [9.17, 15) is 0 Å². The number of aromatic nitrogens is 2. The van der Waals surface area contributed by atoms with Gasteiger partial charge < -0.3 is 15.4 Å². The van der Waals surface area contributed by atoms with Gasteiger partial charge in [-0.3, -0.25) is 0 Å². The summed E-state index contributed by atoms with van der Waals surface area (Å²) in [5.74, 6) is 2.67. The van der Waals surface area contributed by atoms with Crippen LogP contribution in [0.15, 0.2) is 0 Å². The van der Waals surface area contributed by atoms with E-state index in [2.05, 4.69) is 41.4 Å². The summed E-state index contributed by atoms with van der Waals surface area (Å²) in [5.41, 5.74) is 0.999. The summed E-state index contributed by atoms with van der Waals surface area (Å²) in [5, 5.41) is 6.56. The van der Waals surface area contributed by atoms with E-state index in [1.54, 1.807) is 7.11 Å². The molecule has 0 aliphatic rings. The van der Waals surface area contributed by atoms with Crippen molar-refractivity contribution < 1.29 is 4.74 Å². The highest BCUT2D eigenvalue weighted by molar-refractivity contribution is 5.57. The smallest absolute Gasteiger partial charge is 0.138 e. The average molecular weight is 280 g/mol. The van der Waals surface area contributed by atoms with Gasteiger partial charge in [0.25, 0.3) is 0 Å². The summed E-state index contributed by atoms with van der Waals surface area (Å²) in [6.07, 6.45) is 2.12. The molecule has 0 amide bonds. The van der Waals surface area contributed by atoms with Crippen LogP contribution in [-0.2, 0) is 10.2 Å². The monoisotopic (exact) mass is 280 g/mol. The molecule has 5 nitrogen and oxygen atoms in total. The first-order chi connectivity index (χ1) is 9.40. The quantitative estimate of drug-likeness (QED) is 0.752. The van der Waals surface area contributed by atoms with Crippen molar-refractivity contribution in [2.45, 2.75) is 46.0 Å². The van der Waals surface area contributed by atoms with Crippen LogP contribution in [0.3, 0.4) is 0 Å². The number of rotatable bonds is 7. The molecular formula is C15H28N4O. The van der Waals surface area contributed by atoms with Crippen molar-refractivity contribution >= 4 is 11.6 Å². The first-order valence-corrected chi connectivity index (χ1v) is 7.19. The van der Waals surface area contributed by atoms with Crippen LogP contribution in [-0.4, -0.2) is 37.3 Å². The Balaban J connectivity index is 2.83. The molecule has 5 heteroatoms. The normalized spacial score (nSPS) is 11.5. The van der Waals surface area contributed by atoms with Crippen LogP contribution in [0.2, 0.25) is 0 Å². The Labute approximate surface area is 122 Å². The molecule has 0 aromatic carbocycles. The Kier molecular flexibility index (Phi) is 6.20. The van der Waals surface area contributed by atoms with Crippen LogP contribution in [0.4, 0.5) is 11.6 Å². The minimum atomic E-state index is -0.0637. The number of methoxy groups -OCH3 is 1. The van der Waals surface area contributed by atoms with Crippen LogP contribution < -0.4 is 10.6 Å². The topological polar surface area (TPSA) is 59.1 Å². The van der Waals surface area contributed by atoms with Crippen molar-refractivity contribution in [3.63, 3.8) is 0 Å². The average Bonchev–Trinajstić information content (AvgIpc) is 2.39. The molecule has 0 aliphatic carbocycles. The predicted octanol–water partition coefficient (Wildman–Crippen LogP) is 2.96. The van der Waals surface area contributed by atoms with Gasteiger partial charge in [0.05, 0.1) is 0 Å². The van der Waals surface area contributed by atoms with Gasteiger partial charge in [-0.2, -0.15) is 0 Å². The van der Waals surface area contributed by atoms with E-state index in [0.29, 0.717) is 0 Å². The summed E-state index contributed by atoms with van der Waals surface area (Å²) in [6, 6.07) is 0. The molecule has 20 heavy (non-hydrogen) atoms. The van der Waals surface area contributed by atoms with Crippen molar-refractivity contribution in [1.29, 1.82) is 0 Å². The zero-order valence-electron chi connectivity index (χ0n) is 13.6. The molecule has 1 aromatic heterocycles. The molecule has 2 N–H and O–H groups in total. The maximum atomic E-state index is 5.05. The first-order valence-electron chi connectivity index (χ1n) is 7.19. The largest absolute Gasteiger partial charge is 0.385 e. The number of hydrogen-bond donors (Lipinski definition) is 2. The van der Waals surface area contributed by atoms with Gasteiger partial charge in [0, 0.05) is 38.3 Å². The molecule has 0 saturated heterocycles. The number of anilines is 2. The Morgan fingerprint density at radius 2 is 1.75 bits per heavy atom. The zero-order chi connectivity index (χ0) is 15.2. The number of unbranched alkanes of at least 4 members (excludes halogenated alkanes) is 1. The fourth-order valence-corrected chi connectivity index (χ4v) is 1.85. The molecule has 0 atom stereocenters. The van der Waals surface area contributed by atoms with E-state index >= 15 is 0 Å². The Morgan fingerprint density at radius 1 is 1.10 bits per heavy atom. The van der Waals surface area contributed by atoms with Gasteiger partial charge in [-0.15, -0.1) is 0 Å². The number of nitrogens with zero attached hydrogens (tertiary/aromatic N) is 2. The van der Waals surface area contributed by atoms with Crippen LogP contribution in [0.25, 0.3) is 0 Å². The van der Waals surface area contributed by atoms with Gasteiger partial charge >= 0.3 is 0 Å². The van der Waals surface area contributed by atoms with E-state index in [1.165, 1.54) is 0 Å². The maximum Gasteiger partial charge on any atom is 0.138 e. The minimum absolute atomic E-state index is 0.0637. The summed E-state index contributed by atoms with van der Waals surface area (Å²) in [7, 11) is 3.63. The van der Waals surface area contributed by atoms with E-state index in [-0.39, 0.29) is 5.41 Å². The van der Waals surface area contributed by atoms with E-state index < -0.39 is 0 Å². The number of hydrogen-bond acceptors (Lipinski definition) is 5. The second kappa shape index (κ2) is 7.43. The molecule has 0 fully saturated rings. The van der Waals surface area contributed by atoms with E-state index in [4.69, 9.17) is 4.74 Å². The van der Waals surface area contributed by atoms with Gasteiger partial charge in [0.1, 0.15) is 17.5 Å². The van der Waals surface area contributed by atoms with Crippen LogP contribution in [0, 0.1) is 6.92 Å². The van der Waals surface area contributed by atoms with Crippen molar-refractivity contribution in [3.8, 4) is 0 Å².